The lowest BCUT2D eigenvalue weighted by Crippen LogP contribution is -2.13. The summed E-state index contributed by atoms with van der Waals surface area (Å²) in [6.45, 7) is 0. The number of anilines is 1. The molecule has 2 N–H and O–H groups in total. The highest BCUT2D eigenvalue weighted by atomic mass is 32.2. The summed E-state index contributed by atoms with van der Waals surface area (Å²) in [4.78, 5) is 20.0. The Balaban J connectivity index is 1.49. The monoisotopic (exact) mass is 386 g/mol. The number of para-hydroxylation sites is 3. The Morgan fingerprint density at radius 3 is 2.68 bits per heavy atom. The van der Waals surface area contributed by atoms with Crippen molar-refractivity contribution in [1.82, 2.24) is 9.97 Å². The molecule has 0 aliphatic heterocycles. The number of imidazole rings is 1. The van der Waals surface area contributed by atoms with Gasteiger partial charge in [-0.05, 0) is 48.2 Å². The minimum Gasteiger partial charge on any atom is -0.450 e. The smallest absolute Gasteiger partial charge is 0.266 e. The normalized spacial score (nSPS) is 11.3. The molecule has 2 aromatic heterocycles. The summed E-state index contributed by atoms with van der Waals surface area (Å²) in [7, 11) is 0. The zero-order valence-electron chi connectivity index (χ0n) is 14.5. The van der Waals surface area contributed by atoms with Crippen molar-refractivity contribution < 1.29 is 9.21 Å². The number of benzene rings is 2. The topological polar surface area (TPSA) is 94.7 Å². The predicted molar refractivity (Wildman–Crippen MR) is 108 cm³/mol. The van der Waals surface area contributed by atoms with E-state index in [2.05, 4.69) is 15.3 Å². The summed E-state index contributed by atoms with van der Waals surface area (Å²) < 4.78 is 5.71. The molecule has 0 saturated carbocycles. The molecule has 0 aliphatic carbocycles. The van der Waals surface area contributed by atoms with Crippen molar-refractivity contribution >= 4 is 40.5 Å². The first kappa shape index (κ1) is 17.6. The fourth-order valence-electron chi connectivity index (χ4n) is 2.55. The van der Waals surface area contributed by atoms with Crippen molar-refractivity contribution in [3.05, 3.63) is 78.1 Å². The highest BCUT2D eigenvalue weighted by molar-refractivity contribution is 7.99. The van der Waals surface area contributed by atoms with Crippen molar-refractivity contribution in [3.63, 3.8) is 0 Å². The Bertz CT molecular complexity index is 1170. The molecule has 6 nitrogen and oxygen atoms in total. The minimum absolute atomic E-state index is 0.0431. The number of aromatic amines is 1. The van der Waals surface area contributed by atoms with Crippen molar-refractivity contribution in [2.75, 3.05) is 5.32 Å². The van der Waals surface area contributed by atoms with Gasteiger partial charge < -0.3 is 14.7 Å². The quantitative estimate of drug-likeness (QED) is 0.377. The zero-order chi connectivity index (χ0) is 19.3. The number of carbonyl (C=O) groups excluding carboxylic acids is 1. The second kappa shape index (κ2) is 7.86. The van der Waals surface area contributed by atoms with Gasteiger partial charge in [-0.25, -0.2) is 4.98 Å². The van der Waals surface area contributed by atoms with Gasteiger partial charge in [0.1, 0.15) is 17.4 Å². The maximum absolute atomic E-state index is 12.3. The van der Waals surface area contributed by atoms with Gasteiger partial charge in [0, 0.05) is 11.8 Å². The highest BCUT2D eigenvalue weighted by Crippen LogP contribution is 2.29. The lowest BCUT2D eigenvalue weighted by molar-refractivity contribution is -0.112. The fraction of sp³-hybridized carbons (Fsp3) is 0. The van der Waals surface area contributed by atoms with Gasteiger partial charge in [-0.2, -0.15) is 5.26 Å². The standard InChI is InChI=1S/C21H14N4O2S/c22-13-14(20(26)23-15-6-2-1-3-7-15)12-16-10-11-19(27-16)28-21-24-17-8-4-5-9-18(17)25-21/h1-12H,(H,23,26)(H,24,25)/b14-12-. The van der Waals surface area contributed by atoms with Crippen LogP contribution in [0.25, 0.3) is 17.1 Å². The van der Waals surface area contributed by atoms with Gasteiger partial charge in [-0.1, -0.05) is 30.3 Å². The first-order chi connectivity index (χ1) is 13.7. The molecule has 0 bridgehead atoms. The van der Waals surface area contributed by atoms with E-state index >= 15 is 0 Å². The Kier molecular flexibility index (Phi) is 4.95. The molecule has 2 heterocycles. The number of amides is 1. The van der Waals surface area contributed by atoms with Crippen LogP contribution < -0.4 is 5.32 Å². The van der Waals surface area contributed by atoms with Crippen LogP contribution in [-0.2, 0) is 4.79 Å². The molecule has 0 spiro atoms. The number of fused-ring (bicyclic) bond motifs is 1. The minimum atomic E-state index is -0.489. The van der Waals surface area contributed by atoms with Gasteiger partial charge >= 0.3 is 0 Å². The average molecular weight is 386 g/mol. The van der Waals surface area contributed by atoms with Crippen LogP contribution in [0.15, 0.2) is 87.0 Å². The number of nitrogens with zero attached hydrogens (tertiary/aromatic N) is 2. The maximum Gasteiger partial charge on any atom is 0.266 e. The summed E-state index contributed by atoms with van der Waals surface area (Å²) in [6, 6.07) is 22.1. The number of rotatable bonds is 5. The summed E-state index contributed by atoms with van der Waals surface area (Å²) in [5.74, 6) is -0.0741. The first-order valence-corrected chi connectivity index (χ1v) is 9.23. The molecule has 2 aromatic carbocycles. The first-order valence-electron chi connectivity index (χ1n) is 8.42. The van der Waals surface area contributed by atoms with E-state index in [9.17, 15) is 10.1 Å². The third-order valence-electron chi connectivity index (χ3n) is 3.85. The van der Waals surface area contributed by atoms with Crippen LogP contribution in [-0.4, -0.2) is 15.9 Å². The Hall–Kier alpha value is -3.76. The number of H-pyrrole nitrogens is 1. The molecular formula is C21H14N4O2S. The lowest BCUT2D eigenvalue weighted by Gasteiger charge is -2.02. The number of furan rings is 1. The van der Waals surface area contributed by atoms with E-state index in [1.54, 1.807) is 36.4 Å². The Labute approximate surface area is 164 Å². The molecule has 28 heavy (non-hydrogen) atoms. The lowest BCUT2D eigenvalue weighted by atomic mass is 10.2. The summed E-state index contributed by atoms with van der Waals surface area (Å²) in [6.07, 6.45) is 1.42. The molecule has 0 fully saturated rings. The molecule has 136 valence electrons. The van der Waals surface area contributed by atoms with Crippen molar-refractivity contribution in [1.29, 1.82) is 5.26 Å². The molecule has 4 aromatic rings. The number of hydrogen-bond acceptors (Lipinski definition) is 5. The van der Waals surface area contributed by atoms with Crippen LogP contribution in [0.5, 0.6) is 0 Å². The molecule has 0 saturated heterocycles. The Morgan fingerprint density at radius 2 is 1.89 bits per heavy atom. The summed E-state index contributed by atoms with van der Waals surface area (Å²) in [5.41, 5.74) is 2.40. The summed E-state index contributed by atoms with van der Waals surface area (Å²) >= 11 is 1.33. The van der Waals surface area contributed by atoms with Crippen LogP contribution in [0.4, 0.5) is 5.69 Å². The molecule has 0 radical (unpaired) electrons. The van der Waals surface area contributed by atoms with Crippen LogP contribution in [0, 0.1) is 11.3 Å². The molecular weight excluding hydrogens is 372 g/mol. The van der Waals surface area contributed by atoms with Gasteiger partial charge in [0.2, 0.25) is 0 Å². The van der Waals surface area contributed by atoms with Crippen molar-refractivity contribution in [2.24, 2.45) is 0 Å². The summed E-state index contributed by atoms with van der Waals surface area (Å²) in [5, 5.41) is 13.3. The highest BCUT2D eigenvalue weighted by Gasteiger charge is 2.12. The number of hydrogen-bond donors (Lipinski definition) is 2. The van der Waals surface area contributed by atoms with Gasteiger partial charge in [-0.3, -0.25) is 4.79 Å². The van der Waals surface area contributed by atoms with E-state index in [1.165, 1.54) is 17.8 Å². The largest absolute Gasteiger partial charge is 0.450 e. The predicted octanol–water partition coefficient (Wildman–Crippen LogP) is 4.85. The number of carbonyl (C=O) groups is 1. The van der Waals surface area contributed by atoms with Crippen LogP contribution in [0.2, 0.25) is 0 Å². The average Bonchev–Trinajstić information content (AvgIpc) is 3.33. The molecule has 0 unspecified atom stereocenters. The maximum atomic E-state index is 12.3. The Morgan fingerprint density at radius 1 is 1.11 bits per heavy atom. The second-order valence-corrected chi connectivity index (χ2v) is 6.80. The number of nitrogens with one attached hydrogen (secondary N) is 2. The van der Waals surface area contributed by atoms with Crippen LogP contribution >= 0.6 is 11.8 Å². The molecule has 0 aliphatic rings. The molecule has 0 atom stereocenters. The zero-order valence-corrected chi connectivity index (χ0v) is 15.4. The van der Waals surface area contributed by atoms with Crippen molar-refractivity contribution in [2.45, 2.75) is 10.2 Å². The number of aromatic nitrogens is 2. The molecule has 4 rings (SSSR count). The van der Waals surface area contributed by atoms with Gasteiger partial charge in [0.25, 0.3) is 5.91 Å². The fourth-order valence-corrected chi connectivity index (χ4v) is 3.32. The van der Waals surface area contributed by atoms with Gasteiger partial charge in [0.05, 0.1) is 11.0 Å². The van der Waals surface area contributed by atoms with Crippen LogP contribution in [0.3, 0.4) is 0 Å². The number of nitriles is 1. The molecule has 7 heteroatoms. The van der Waals surface area contributed by atoms with E-state index in [1.807, 2.05) is 36.4 Å². The van der Waals surface area contributed by atoms with E-state index in [-0.39, 0.29) is 5.57 Å². The van der Waals surface area contributed by atoms with E-state index in [0.29, 0.717) is 21.7 Å². The van der Waals surface area contributed by atoms with Crippen LogP contribution in [0.1, 0.15) is 5.76 Å². The second-order valence-electron chi connectivity index (χ2n) is 5.81. The van der Waals surface area contributed by atoms with E-state index in [0.717, 1.165) is 11.0 Å². The third-order valence-corrected chi connectivity index (χ3v) is 4.66. The van der Waals surface area contributed by atoms with Gasteiger partial charge in [0.15, 0.2) is 10.2 Å². The SMILES string of the molecule is N#C/C(=C/c1ccc(Sc2nc3ccccc3[nH]2)o1)C(=O)Nc1ccccc1. The van der Waals surface area contributed by atoms with E-state index < -0.39 is 5.91 Å². The van der Waals surface area contributed by atoms with Gasteiger partial charge in [-0.15, -0.1) is 0 Å². The molecule has 1 amide bonds. The van der Waals surface area contributed by atoms with E-state index in [4.69, 9.17) is 4.42 Å². The third kappa shape index (κ3) is 3.98. The van der Waals surface area contributed by atoms with Crippen molar-refractivity contribution in [3.8, 4) is 6.07 Å².